The van der Waals surface area contributed by atoms with Crippen LogP contribution in [0.3, 0.4) is 0 Å². The minimum absolute atomic E-state index is 0.000948. The van der Waals surface area contributed by atoms with Gasteiger partial charge >= 0.3 is 5.97 Å². The molecule has 6 heteroatoms. The van der Waals surface area contributed by atoms with E-state index in [1.54, 1.807) is 18.2 Å². The molecule has 1 rings (SSSR count). The minimum Gasteiger partial charge on any atom is -0.478 e. The van der Waals surface area contributed by atoms with Crippen LogP contribution in [0.15, 0.2) is 24.3 Å². The van der Waals surface area contributed by atoms with Gasteiger partial charge in [-0.25, -0.2) is 4.79 Å². The predicted octanol–water partition coefficient (Wildman–Crippen LogP) is 0.309. The number of nitrogens with two attached hydrogens (primary N) is 1. The van der Waals surface area contributed by atoms with Gasteiger partial charge in [0.25, 0.3) is 0 Å². The van der Waals surface area contributed by atoms with Gasteiger partial charge in [-0.15, -0.1) is 0 Å². The number of aromatic carboxylic acids is 1. The molecule has 0 aromatic heterocycles. The van der Waals surface area contributed by atoms with E-state index in [2.05, 4.69) is 5.32 Å². The fourth-order valence-electron chi connectivity index (χ4n) is 1.61. The third-order valence-corrected chi connectivity index (χ3v) is 2.52. The van der Waals surface area contributed by atoms with E-state index in [0.29, 0.717) is 18.5 Å². The second-order valence-electron chi connectivity index (χ2n) is 4.06. The number of carbonyl (C=O) groups is 3. The number of amides is 2. The van der Waals surface area contributed by atoms with Crippen molar-refractivity contribution in [3.05, 3.63) is 35.4 Å². The zero-order valence-corrected chi connectivity index (χ0v) is 10.4. The monoisotopic (exact) mass is 264 g/mol. The van der Waals surface area contributed by atoms with Crippen molar-refractivity contribution >= 4 is 17.8 Å². The summed E-state index contributed by atoms with van der Waals surface area (Å²) < 4.78 is 0. The Morgan fingerprint density at radius 1 is 1.21 bits per heavy atom. The van der Waals surface area contributed by atoms with Crippen LogP contribution in [0.4, 0.5) is 0 Å². The van der Waals surface area contributed by atoms with Crippen molar-refractivity contribution in [2.24, 2.45) is 5.73 Å². The topological polar surface area (TPSA) is 109 Å². The number of carboxylic acids is 1. The number of benzene rings is 1. The largest absolute Gasteiger partial charge is 0.478 e. The lowest BCUT2D eigenvalue weighted by atomic mass is 10.0. The maximum Gasteiger partial charge on any atom is 0.335 e. The lowest BCUT2D eigenvalue weighted by Crippen LogP contribution is -2.27. The molecule has 0 atom stereocenters. The van der Waals surface area contributed by atoms with Crippen molar-refractivity contribution in [3.63, 3.8) is 0 Å². The summed E-state index contributed by atoms with van der Waals surface area (Å²) in [6.45, 7) is 0.344. The zero-order valence-electron chi connectivity index (χ0n) is 10.4. The van der Waals surface area contributed by atoms with Crippen molar-refractivity contribution in [1.82, 2.24) is 5.32 Å². The second kappa shape index (κ2) is 7.15. The Bertz CT molecular complexity index is 485. The third-order valence-electron chi connectivity index (χ3n) is 2.52. The molecule has 0 aliphatic heterocycles. The van der Waals surface area contributed by atoms with E-state index in [4.69, 9.17) is 10.8 Å². The van der Waals surface area contributed by atoms with Crippen LogP contribution in [0.1, 0.15) is 28.8 Å². The first-order valence-electron chi connectivity index (χ1n) is 5.87. The molecule has 0 spiro atoms. The quantitative estimate of drug-likeness (QED) is 0.615. The van der Waals surface area contributed by atoms with Crippen molar-refractivity contribution in [1.29, 1.82) is 0 Å². The van der Waals surface area contributed by atoms with Crippen LogP contribution in [0.2, 0.25) is 0 Å². The van der Waals surface area contributed by atoms with E-state index in [-0.39, 0.29) is 24.3 Å². The van der Waals surface area contributed by atoms with Crippen LogP contribution in [0.25, 0.3) is 0 Å². The van der Waals surface area contributed by atoms with Gasteiger partial charge in [0, 0.05) is 13.0 Å². The molecule has 0 aliphatic carbocycles. The second-order valence-corrected chi connectivity index (χ2v) is 4.06. The number of nitrogens with one attached hydrogen (secondary N) is 1. The molecule has 6 nitrogen and oxygen atoms in total. The van der Waals surface area contributed by atoms with E-state index < -0.39 is 11.9 Å². The molecule has 0 saturated carbocycles. The number of hydrogen-bond donors (Lipinski definition) is 3. The highest BCUT2D eigenvalue weighted by molar-refractivity contribution is 5.91. The van der Waals surface area contributed by atoms with Crippen LogP contribution in [0, 0.1) is 0 Å². The minimum atomic E-state index is -1.06. The summed E-state index contributed by atoms with van der Waals surface area (Å²) in [5.74, 6) is -1.75. The molecule has 1 aromatic rings. The summed E-state index contributed by atoms with van der Waals surface area (Å²) >= 11 is 0. The molecule has 0 bridgehead atoms. The third kappa shape index (κ3) is 5.20. The average Bonchev–Trinajstić information content (AvgIpc) is 2.35. The first-order valence-corrected chi connectivity index (χ1v) is 5.87. The summed E-state index contributed by atoms with van der Waals surface area (Å²) in [6, 6.07) is 6.35. The van der Waals surface area contributed by atoms with Gasteiger partial charge in [0.1, 0.15) is 0 Å². The Kier molecular flexibility index (Phi) is 5.53. The highest BCUT2D eigenvalue weighted by Crippen LogP contribution is 2.09. The number of primary amides is 1. The highest BCUT2D eigenvalue weighted by atomic mass is 16.4. The highest BCUT2D eigenvalue weighted by Gasteiger charge is 2.12. The van der Waals surface area contributed by atoms with E-state index in [1.165, 1.54) is 6.07 Å². The first kappa shape index (κ1) is 14.7. The maximum absolute atomic E-state index is 11.6. The first-order chi connectivity index (χ1) is 9.00. The lowest BCUT2D eigenvalue weighted by Gasteiger charge is -2.07. The van der Waals surface area contributed by atoms with Crippen molar-refractivity contribution < 1.29 is 19.5 Å². The van der Waals surface area contributed by atoms with Gasteiger partial charge in [-0.3, -0.25) is 9.59 Å². The predicted molar refractivity (Wildman–Crippen MR) is 68.5 cm³/mol. The van der Waals surface area contributed by atoms with Gasteiger partial charge in [0.05, 0.1) is 12.0 Å². The van der Waals surface area contributed by atoms with Crippen LogP contribution in [0.5, 0.6) is 0 Å². The molecule has 1 aromatic carbocycles. The number of carboxylic acid groups (broad SMARTS) is 1. The summed E-state index contributed by atoms with van der Waals surface area (Å²) in [6.07, 6.45) is 0.687. The maximum atomic E-state index is 11.6. The number of rotatable bonds is 7. The molecule has 4 N–H and O–H groups in total. The van der Waals surface area contributed by atoms with E-state index >= 15 is 0 Å². The number of hydrogen-bond acceptors (Lipinski definition) is 3. The van der Waals surface area contributed by atoms with E-state index in [0.717, 1.165) is 0 Å². The average molecular weight is 264 g/mol. The molecule has 2 amide bonds. The van der Waals surface area contributed by atoms with Gasteiger partial charge in [-0.05, 0) is 18.1 Å². The number of carbonyl (C=O) groups excluding carboxylic acids is 2. The van der Waals surface area contributed by atoms with Gasteiger partial charge in [0.2, 0.25) is 11.8 Å². The summed E-state index contributed by atoms with van der Waals surface area (Å²) in [5.41, 5.74) is 5.55. The molecule has 19 heavy (non-hydrogen) atoms. The van der Waals surface area contributed by atoms with Gasteiger partial charge in [0.15, 0.2) is 0 Å². The van der Waals surface area contributed by atoms with E-state index in [1.807, 2.05) is 0 Å². The smallest absolute Gasteiger partial charge is 0.335 e. The lowest BCUT2D eigenvalue weighted by molar-refractivity contribution is -0.121. The molecule has 0 unspecified atom stereocenters. The normalized spacial score (nSPS) is 9.89. The Hall–Kier alpha value is -2.37. The summed E-state index contributed by atoms with van der Waals surface area (Å²) in [4.78, 5) is 33.1. The van der Waals surface area contributed by atoms with Crippen molar-refractivity contribution in [2.45, 2.75) is 19.3 Å². The molecule has 0 aliphatic rings. The van der Waals surface area contributed by atoms with E-state index in [9.17, 15) is 14.4 Å². The Balaban J connectivity index is 2.48. The molecule has 0 radical (unpaired) electrons. The Morgan fingerprint density at radius 2 is 1.89 bits per heavy atom. The standard InChI is InChI=1S/C13H16N2O4/c14-11(16)6-3-7-15-12(17)8-9-4-1-2-5-10(9)13(18)19/h1-2,4-5H,3,6-8H2,(H2,14,16)(H,15,17)(H,18,19). The van der Waals surface area contributed by atoms with Gasteiger partial charge in [-0.2, -0.15) is 0 Å². The van der Waals surface area contributed by atoms with Gasteiger partial charge < -0.3 is 16.2 Å². The van der Waals surface area contributed by atoms with Gasteiger partial charge in [-0.1, -0.05) is 18.2 Å². The zero-order chi connectivity index (χ0) is 14.3. The molecular formula is C13H16N2O4. The molecular weight excluding hydrogens is 248 g/mol. The van der Waals surface area contributed by atoms with Crippen LogP contribution in [-0.4, -0.2) is 29.4 Å². The summed E-state index contributed by atoms with van der Waals surface area (Å²) in [5, 5.41) is 11.6. The molecule has 0 heterocycles. The van der Waals surface area contributed by atoms with Crippen molar-refractivity contribution in [3.8, 4) is 0 Å². The van der Waals surface area contributed by atoms with Crippen LogP contribution >= 0.6 is 0 Å². The summed E-state index contributed by atoms with van der Waals surface area (Å²) in [7, 11) is 0. The fourth-order valence-corrected chi connectivity index (χ4v) is 1.61. The van der Waals surface area contributed by atoms with Crippen LogP contribution < -0.4 is 11.1 Å². The Labute approximate surface area is 110 Å². The SMILES string of the molecule is NC(=O)CCCNC(=O)Cc1ccccc1C(=O)O. The molecule has 0 saturated heterocycles. The van der Waals surface area contributed by atoms with Crippen LogP contribution in [-0.2, 0) is 16.0 Å². The molecule has 102 valence electrons. The fraction of sp³-hybridized carbons (Fsp3) is 0.308. The molecule has 0 fully saturated rings. The Morgan fingerprint density at radius 3 is 2.53 bits per heavy atom. The van der Waals surface area contributed by atoms with Crippen molar-refractivity contribution in [2.75, 3.05) is 6.54 Å².